The second-order valence-electron chi connectivity index (χ2n) is 7.73. The van der Waals surface area contributed by atoms with Crippen molar-refractivity contribution < 1.29 is 33.4 Å². The molecule has 3 rings (SSSR count). The summed E-state index contributed by atoms with van der Waals surface area (Å²) in [7, 11) is 7.47. The number of carbonyl (C=O) groups is 1. The van der Waals surface area contributed by atoms with Gasteiger partial charge in [-0.3, -0.25) is 14.9 Å². The third-order valence-corrected chi connectivity index (χ3v) is 5.50. The molecule has 3 aromatic rings. The van der Waals surface area contributed by atoms with Crippen LogP contribution >= 0.6 is 0 Å². The van der Waals surface area contributed by atoms with Gasteiger partial charge in [-0.2, -0.15) is 0 Å². The number of hydrogen-bond acceptors (Lipinski definition) is 8. The summed E-state index contributed by atoms with van der Waals surface area (Å²) in [6.07, 6.45) is 6.41. The largest absolute Gasteiger partial charge is 0.495 e. The van der Waals surface area contributed by atoms with Crippen LogP contribution in [0.25, 0.3) is 18.2 Å². The number of rotatable bonds is 11. The van der Waals surface area contributed by atoms with Crippen LogP contribution < -0.4 is 29.0 Å². The molecule has 0 aliphatic carbocycles. The molecule has 0 aliphatic rings. The van der Waals surface area contributed by atoms with Crippen LogP contribution in [0, 0.1) is 10.1 Å². The van der Waals surface area contributed by atoms with Gasteiger partial charge >= 0.3 is 5.69 Å². The molecule has 10 nitrogen and oxygen atoms in total. The van der Waals surface area contributed by atoms with Crippen molar-refractivity contribution in [3.05, 3.63) is 81.4 Å². The minimum atomic E-state index is -0.544. The predicted molar refractivity (Wildman–Crippen MR) is 145 cm³/mol. The van der Waals surface area contributed by atoms with Crippen LogP contribution in [0.5, 0.6) is 28.7 Å². The third kappa shape index (κ3) is 6.41. The van der Waals surface area contributed by atoms with Crippen LogP contribution in [0.2, 0.25) is 0 Å². The van der Waals surface area contributed by atoms with Crippen molar-refractivity contribution in [2.24, 2.45) is 0 Å². The number of carbonyl (C=O) groups excluding carboxylic acids is 1. The summed E-state index contributed by atoms with van der Waals surface area (Å²) in [5.41, 5.74) is 2.18. The Labute approximate surface area is 220 Å². The van der Waals surface area contributed by atoms with Crippen LogP contribution in [0.4, 0.5) is 11.4 Å². The lowest BCUT2D eigenvalue weighted by Crippen LogP contribution is -2.10. The molecule has 0 saturated carbocycles. The summed E-state index contributed by atoms with van der Waals surface area (Å²) in [5.74, 6) is 1.64. The van der Waals surface area contributed by atoms with E-state index < -0.39 is 10.8 Å². The van der Waals surface area contributed by atoms with Gasteiger partial charge in [0.05, 0.1) is 46.2 Å². The fourth-order valence-electron chi connectivity index (χ4n) is 3.66. The highest BCUT2D eigenvalue weighted by molar-refractivity contribution is 6.04. The zero-order valence-electron chi connectivity index (χ0n) is 21.6. The summed E-state index contributed by atoms with van der Waals surface area (Å²) in [6.45, 7) is 0. The molecule has 3 aromatic carbocycles. The quantitative estimate of drug-likeness (QED) is 0.153. The number of nitrogens with zero attached hydrogens (tertiary/aromatic N) is 1. The van der Waals surface area contributed by atoms with E-state index in [1.807, 2.05) is 18.2 Å². The maximum Gasteiger partial charge on any atom is 0.311 e. The molecule has 10 heteroatoms. The van der Waals surface area contributed by atoms with Gasteiger partial charge in [-0.1, -0.05) is 30.4 Å². The highest BCUT2D eigenvalue weighted by Gasteiger charge is 2.15. The summed E-state index contributed by atoms with van der Waals surface area (Å²) < 4.78 is 26.7. The van der Waals surface area contributed by atoms with Gasteiger partial charge in [-0.15, -0.1) is 0 Å². The fraction of sp³-hybridized carbons (Fsp3) is 0.179. The Kier molecular flexibility index (Phi) is 9.31. The molecule has 1 N–H and O–H groups in total. The van der Waals surface area contributed by atoms with Gasteiger partial charge in [-0.05, 0) is 41.5 Å². The van der Waals surface area contributed by atoms with Crippen LogP contribution in [0.15, 0.2) is 54.6 Å². The Bertz CT molecular complexity index is 1360. The number of nitrogens with one attached hydrogen (secondary N) is 1. The number of benzene rings is 3. The molecule has 0 bridgehead atoms. The smallest absolute Gasteiger partial charge is 0.311 e. The molecule has 0 fully saturated rings. The van der Waals surface area contributed by atoms with Gasteiger partial charge < -0.3 is 29.0 Å². The van der Waals surface area contributed by atoms with Gasteiger partial charge in [0.1, 0.15) is 5.75 Å². The Morgan fingerprint density at radius 2 is 1.42 bits per heavy atom. The molecule has 0 saturated heterocycles. The molecule has 38 heavy (non-hydrogen) atoms. The standard InChI is InChI=1S/C28H28N2O8/c1-34-22-13-10-18(15-21(22)30(32)33)11-14-26(31)29-27-20(7-6-8-23(27)35-2)12-9-19-16-24(36-3)28(38-5)25(17-19)37-4/h6-17H,1-5H3,(H,29,31)/b12-9?,14-11+. The number of methoxy groups -OCH3 is 5. The van der Waals surface area contributed by atoms with E-state index in [0.29, 0.717) is 39.8 Å². The van der Waals surface area contributed by atoms with Crippen LogP contribution in [-0.4, -0.2) is 46.4 Å². The van der Waals surface area contributed by atoms with E-state index in [2.05, 4.69) is 5.32 Å². The number of para-hydroxylation sites is 1. The van der Waals surface area contributed by atoms with E-state index in [0.717, 1.165) is 5.56 Å². The number of anilines is 1. The van der Waals surface area contributed by atoms with Gasteiger partial charge in [0, 0.05) is 17.7 Å². The first-order chi connectivity index (χ1) is 18.3. The van der Waals surface area contributed by atoms with Crippen molar-refractivity contribution in [3.63, 3.8) is 0 Å². The molecular weight excluding hydrogens is 492 g/mol. The normalized spacial score (nSPS) is 10.9. The summed E-state index contributed by atoms with van der Waals surface area (Å²) in [4.78, 5) is 23.5. The lowest BCUT2D eigenvalue weighted by Gasteiger charge is -2.13. The molecule has 0 heterocycles. The van der Waals surface area contributed by atoms with Crippen molar-refractivity contribution in [3.8, 4) is 28.7 Å². The summed E-state index contributed by atoms with van der Waals surface area (Å²) >= 11 is 0. The van der Waals surface area contributed by atoms with Crippen molar-refractivity contribution >= 4 is 35.5 Å². The van der Waals surface area contributed by atoms with Gasteiger partial charge in [0.15, 0.2) is 17.2 Å². The van der Waals surface area contributed by atoms with Crippen molar-refractivity contribution in [2.45, 2.75) is 0 Å². The molecule has 0 spiro atoms. The molecular formula is C28H28N2O8. The lowest BCUT2D eigenvalue weighted by molar-refractivity contribution is -0.385. The SMILES string of the molecule is COc1ccc(/C=C/C(=O)Nc2c(C=Cc3cc(OC)c(OC)c(OC)c3)cccc2OC)cc1[N+](=O)[O-]. The average Bonchev–Trinajstić information content (AvgIpc) is 2.94. The third-order valence-electron chi connectivity index (χ3n) is 5.50. The van der Waals surface area contributed by atoms with Crippen molar-refractivity contribution in [1.29, 1.82) is 0 Å². The molecule has 0 aromatic heterocycles. The second-order valence-corrected chi connectivity index (χ2v) is 7.73. The van der Waals surface area contributed by atoms with E-state index in [1.54, 1.807) is 30.3 Å². The van der Waals surface area contributed by atoms with Crippen LogP contribution in [0.3, 0.4) is 0 Å². The molecule has 0 unspecified atom stereocenters. The van der Waals surface area contributed by atoms with Crippen molar-refractivity contribution in [1.82, 2.24) is 0 Å². The molecule has 198 valence electrons. The van der Waals surface area contributed by atoms with Crippen LogP contribution in [0.1, 0.15) is 16.7 Å². The van der Waals surface area contributed by atoms with E-state index in [4.69, 9.17) is 23.7 Å². The first-order valence-electron chi connectivity index (χ1n) is 11.3. The van der Waals surface area contributed by atoms with E-state index in [-0.39, 0.29) is 11.4 Å². The number of nitro benzene ring substituents is 1. The fourth-order valence-corrected chi connectivity index (χ4v) is 3.66. The average molecular weight is 521 g/mol. The number of hydrogen-bond donors (Lipinski definition) is 1. The minimum absolute atomic E-state index is 0.133. The van der Waals surface area contributed by atoms with Gasteiger partial charge in [-0.25, -0.2) is 0 Å². The molecule has 0 radical (unpaired) electrons. The Morgan fingerprint density at radius 1 is 0.763 bits per heavy atom. The highest BCUT2D eigenvalue weighted by Crippen LogP contribution is 2.39. The van der Waals surface area contributed by atoms with E-state index in [1.165, 1.54) is 59.8 Å². The first-order valence-corrected chi connectivity index (χ1v) is 11.3. The van der Waals surface area contributed by atoms with E-state index >= 15 is 0 Å². The molecule has 0 atom stereocenters. The predicted octanol–water partition coefficient (Wildman–Crippen LogP) is 5.46. The summed E-state index contributed by atoms with van der Waals surface area (Å²) in [6, 6.07) is 13.4. The number of amides is 1. The maximum absolute atomic E-state index is 12.8. The zero-order valence-corrected chi connectivity index (χ0v) is 21.6. The topological polar surface area (TPSA) is 118 Å². The zero-order chi connectivity index (χ0) is 27.7. The highest BCUT2D eigenvalue weighted by atomic mass is 16.6. The van der Waals surface area contributed by atoms with Gasteiger partial charge in [0.2, 0.25) is 11.7 Å². The number of ether oxygens (including phenoxy) is 5. The second kappa shape index (κ2) is 12.8. The Morgan fingerprint density at radius 3 is 2.00 bits per heavy atom. The Balaban J connectivity index is 1.88. The van der Waals surface area contributed by atoms with Crippen molar-refractivity contribution in [2.75, 3.05) is 40.9 Å². The number of nitro groups is 1. The minimum Gasteiger partial charge on any atom is -0.495 e. The van der Waals surface area contributed by atoms with Crippen LogP contribution in [-0.2, 0) is 4.79 Å². The van der Waals surface area contributed by atoms with Gasteiger partial charge in [0.25, 0.3) is 0 Å². The monoisotopic (exact) mass is 520 g/mol. The molecule has 0 aliphatic heterocycles. The first kappa shape index (κ1) is 27.6. The Hall–Kier alpha value is -4.99. The summed E-state index contributed by atoms with van der Waals surface area (Å²) in [5, 5.41) is 14.1. The maximum atomic E-state index is 12.8. The molecule has 1 amide bonds. The van der Waals surface area contributed by atoms with E-state index in [9.17, 15) is 14.9 Å². The lowest BCUT2D eigenvalue weighted by atomic mass is 10.1.